The highest BCUT2D eigenvalue weighted by Gasteiger charge is 2.29. The van der Waals surface area contributed by atoms with Gasteiger partial charge in [0.15, 0.2) is 0 Å². The summed E-state index contributed by atoms with van der Waals surface area (Å²) in [4.78, 5) is 15.4. The molecular formula is C18H24N2O2. The number of benzene rings is 1. The van der Waals surface area contributed by atoms with Crippen molar-refractivity contribution in [2.45, 2.75) is 38.5 Å². The zero-order valence-electron chi connectivity index (χ0n) is 13.5. The lowest BCUT2D eigenvalue weighted by molar-refractivity contribution is -0.127. The molecule has 0 radical (unpaired) electrons. The maximum atomic E-state index is 12.1. The summed E-state index contributed by atoms with van der Waals surface area (Å²) in [6, 6.07) is 6.03. The van der Waals surface area contributed by atoms with Gasteiger partial charge in [0, 0.05) is 35.0 Å². The van der Waals surface area contributed by atoms with E-state index in [1.165, 1.54) is 12.0 Å². The lowest BCUT2D eigenvalue weighted by atomic mass is 9.82. The van der Waals surface area contributed by atoms with E-state index in [1.54, 1.807) is 7.11 Å². The Hall–Kier alpha value is -1.97. The van der Waals surface area contributed by atoms with E-state index < -0.39 is 0 Å². The number of carbonyl (C=O) groups is 1. The number of aromatic nitrogens is 1. The fourth-order valence-corrected chi connectivity index (χ4v) is 3.00. The Morgan fingerprint density at radius 1 is 1.41 bits per heavy atom. The van der Waals surface area contributed by atoms with Gasteiger partial charge in [-0.2, -0.15) is 0 Å². The van der Waals surface area contributed by atoms with Gasteiger partial charge in [-0.05, 0) is 36.6 Å². The summed E-state index contributed by atoms with van der Waals surface area (Å²) < 4.78 is 5.33. The molecule has 4 heteroatoms. The molecule has 0 unspecified atom stereocenters. The van der Waals surface area contributed by atoms with Crippen LogP contribution >= 0.6 is 0 Å². The molecule has 1 amide bonds. The molecule has 1 fully saturated rings. The average Bonchev–Trinajstić information content (AvgIpc) is 2.87. The monoisotopic (exact) mass is 300 g/mol. The van der Waals surface area contributed by atoms with Gasteiger partial charge in [-0.25, -0.2) is 0 Å². The third-order valence-electron chi connectivity index (χ3n) is 4.80. The molecule has 2 aromatic rings. The van der Waals surface area contributed by atoms with Gasteiger partial charge in [0.05, 0.1) is 7.11 Å². The molecule has 1 aromatic heterocycles. The number of ether oxygens (including phenoxy) is 1. The smallest absolute Gasteiger partial charge is 0.223 e. The van der Waals surface area contributed by atoms with Crippen molar-refractivity contribution in [1.82, 2.24) is 10.3 Å². The van der Waals surface area contributed by atoms with Gasteiger partial charge in [0.1, 0.15) is 5.75 Å². The van der Waals surface area contributed by atoms with Gasteiger partial charge >= 0.3 is 0 Å². The molecule has 0 aliphatic heterocycles. The number of H-pyrrole nitrogens is 1. The van der Waals surface area contributed by atoms with E-state index >= 15 is 0 Å². The van der Waals surface area contributed by atoms with Gasteiger partial charge in [-0.3, -0.25) is 4.79 Å². The third-order valence-corrected chi connectivity index (χ3v) is 4.80. The summed E-state index contributed by atoms with van der Waals surface area (Å²) in [7, 11) is 1.68. The van der Waals surface area contributed by atoms with Crippen molar-refractivity contribution in [3.63, 3.8) is 0 Å². The number of amides is 1. The average molecular weight is 300 g/mol. The van der Waals surface area contributed by atoms with E-state index in [0.717, 1.165) is 29.5 Å². The minimum absolute atomic E-state index is 0.135. The molecule has 0 saturated heterocycles. The minimum Gasteiger partial charge on any atom is -0.497 e. The van der Waals surface area contributed by atoms with Gasteiger partial charge in [-0.15, -0.1) is 0 Å². The Labute approximate surface area is 131 Å². The first-order valence-corrected chi connectivity index (χ1v) is 7.94. The van der Waals surface area contributed by atoms with Crippen LogP contribution in [0.1, 0.15) is 38.7 Å². The predicted molar refractivity (Wildman–Crippen MR) is 88.2 cm³/mol. The summed E-state index contributed by atoms with van der Waals surface area (Å²) in [6.07, 6.45) is 5.30. The first kappa shape index (κ1) is 14.9. The number of carbonyl (C=O) groups excluding carboxylic acids is 1. The zero-order chi connectivity index (χ0) is 15.7. The Balaban J connectivity index is 1.80. The number of methoxy groups -OCH3 is 1. The second kappa shape index (κ2) is 5.67. The standard InChI is InChI=1S/C18H24N2O2/c1-18(2,11-20-17(21)12-5-4-6-12)15-10-19-16-8-7-13(22-3)9-14(15)16/h7-10,12,19H,4-6,11H2,1-3H3,(H,20,21). The maximum Gasteiger partial charge on any atom is 0.223 e. The zero-order valence-corrected chi connectivity index (χ0v) is 13.5. The van der Waals surface area contributed by atoms with Crippen molar-refractivity contribution in [2.75, 3.05) is 13.7 Å². The lowest BCUT2D eigenvalue weighted by Gasteiger charge is -2.29. The van der Waals surface area contributed by atoms with E-state index in [2.05, 4.69) is 30.2 Å². The van der Waals surface area contributed by atoms with Crippen molar-refractivity contribution in [3.8, 4) is 5.75 Å². The van der Waals surface area contributed by atoms with Crippen molar-refractivity contribution in [3.05, 3.63) is 30.0 Å². The van der Waals surface area contributed by atoms with Crippen LogP contribution in [0.5, 0.6) is 5.75 Å². The topological polar surface area (TPSA) is 54.1 Å². The molecule has 2 N–H and O–H groups in total. The van der Waals surface area contributed by atoms with E-state index in [1.807, 2.05) is 18.3 Å². The van der Waals surface area contributed by atoms with Crippen molar-refractivity contribution in [2.24, 2.45) is 5.92 Å². The van der Waals surface area contributed by atoms with E-state index in [9.17, 15) is 4.79 Å². The number of rotatable bonds is 5. The maximum absolute atomic E-state index is 12.1. The largest absolute Gasteiger partial charge is 0.497 e. The summed E-state index contributed by atoms with van der Waals surface area (Å²) in [5.41, 5.74) is 2.16. The van der Waals surface area contributed by atoms with Crippen LogP contribution in [0.25, 0.3) is 10.9 Å². The fraction of sp³-hybridized carbons (Fsp3) is 0.500. The minimum atomic E-state index is -0.135. The first-order valence-electron chi connectivity index (χ1n) is 7.94. The Morgan fingerprint density at radius 2 is 2.18 bits per heavy atom. The second-order valence-electron chi connectivity index (χ2n) is 6.84. The molecular weight excluding hydrogens is 276 g/mol. The van der Waals surface area contributed by atoms with Crippen molar-refractivity contribution < 1.29 is 9.53 Å². The van der Waals surface area contributed by atoms with Crippen LogP contribution in [0.3, 0.4) is 0 Å². The van der Waals surface area contributed by atoms with Crippen molar-refractivity contribution >= 4 is 16.8 Å². The molecule has 0 bridgehead atoms. The van der Waals surface area contributed by atoms with E-state index in [0.29, 0.717) is 6.54 Å². The fourth-order valence-electron chi connectivity index (χ4n) is 3.00. The normalized spacial score (nSPS) is 15.6. The molecule has 1 heterocycles. The predicted octanol–water partition coefficient (Wildman–Crippen LogP) is 3.37. The van der Waals surface area contributed by atoms with Crippen LogP contribution in [0.15, 0.2) is 24.4 Å². The number of nitrogens with one attached hydrogen (secondary N) is 2. The molecule has 4 nitrogen and oxygen atoms in total. The summed E-state index contributed by atoms with van der Waals surface area (Å²) in [5, 5.41) is 4.28. The molecule has 1 aliphatic carbocycles. The number of hydrogen-bond acceptors (Lipinski definition) is 2. The third kappa shape index (κ3) is 2.70. The molecule has 0 atom stereocenters. The van der Waals surface area contributed by atoms with E-state index in [4.69, 9.17) is 4.74 Å². The van der Waals surface area contributed by atoms with Crippen LogP contribution < -0.4 is 10.1 Å². The lowest BCUT2D eigenvalue weighted by Crippen LogP contribution is -2.41. The second-order valence-corrected chi connectivity index (χ2v) is 6.84. The van der Waals surface area contributed by atoms with Gasteiger partial charge in [-0.1, -0.05) is 20.3 Å². The molecule has 1 aliphatic rings. The van der Waals surface area contributed by atoms with Crippen molar-refractivity contribution in [1.29, 1.82) is 0 Å². The Morgan fingerprint density at radius 3 is 2.82 bits per heavy atom. The Kier molecular flexibility index (Phi) is 3.85. The van der Waals surface area contributed by atoms with E-state index in [-0.39, 0.29) is 17.2 Å². The highest BCUT2D eigenvalue weighted by atomic mass is 16.5. The Bertz CT molecular complexity index is 683. The summed E-state index contributed by atoms with van der Waals surface area (Å²) in [6.45, 7) is 4.97. The summed E-state index contributed by atoms with van der Waals surface area (Å²) in [5.74, 6) is 1.29. The van der Waals surface area contributed by atoms with Crippen LogP contribution in [-0.2, 0) is 10.2 Å². The van der Waals surface area contributed by atoms with Crippen LogP contribution in [-0.4, -0.2) is 24.5 Å². The van der Waals surface area contributed by atoms with Crippen LogP contribution in [0.2, 0.25) is 0 Å². The first-order chi connectivity index (χ1) is 10.5. The van der Waals surface area contributed by atoms with Gasteiger partial charge < -0.3 is 15.0 Å². The quantitative estimate of drug-likeness (QED) is 0.889. The molecule has 1 aromatic carbocycles. The molecule has 22 heavy (non-hydrogen) atoms. The highest BCUT2D eigenvalue weighted by molar-refractivity contribution is 5.86. The highest BCUT2D eigenvalue weighted by Crippen LogP contribution is 2.32. The summed E-state index contributed by atoms with van der Waals surface area (Å²) >= 11 is 0. The SMILES string of the molecule is COc1ccc2[nH]cc(C(C)(C)CNC(=O)C3CCC3)c2c1. The molecule has 1 saturated carbocycles. The van der Waals surface area contributed by atoms with Gasteiger partial charge in [0.2, 0.25) is 5.91 Å². The van der Waals surface area contributed by atoms with Crippen LogP contribution in [0.4, 0.5) is 0 Å². The number of fused-ring (bicyclic) bond motifs is 1. The van der Waals surface area contributed by atoms with Gasteiger partial charge in [0.25, 0.3) is 0 Å². The molecule has 118 valence electrons. The van der Waals surface area contributed by atoms with Crippen LogP contribution in [0, 0.1) is 5.92 Å². The number of aromatic amines is 1. The number of hydrogen-bond donors (Lipinski definition) is 2. The molecule has 0 spiro atoms. The molecule has 3 rings (SSSR count).